The maximum absolute atomic E-state index is 12.0. The molecule has 0 radical (unpaired) electrons. The first-order valence-corrected chi connectivity index (χ1v) is 7.19. The monoisotopic (exact) mass is 283 g/mol. The highest BCUT2D eigenvalue weighted by atomic mass is 16.5. The Morgan fingerprint density at radius 3 is 2.24 bits per heavy atom. The summed E-state index contributed by atoms with van der Waals surface area (Å²) in [6.07, 6.45) is 0.707. The second-order valence-electron chi connectivity index (χ2n) is 5.13. The van der Waals surface area contributed by atoms with E-state index in [-0.39, 0.29) is 11.9 Å². The van der Waals surface area contributed by atoms with Crippen molar-refractivity contribution >= 4 is 5.97 Å². The fourth-order valence-corrected chi connectivity index (χ4v) is 2.18. The van der Waals surface area contributed by atoms with E-state index in [4.69, 9.17) is 10.5 Å². The lowest BCUT2D eigenvalue weighted by Gasteiger charge is -2.19. The van der Waals surface area contributed by atoms with E-state index in [2.05, 4.69) is 0 Å². The van der Waals surface area contributed by atoms with Crippen LogP contribution in [0.25, 0.3) is 0 Å². The third-order valence-corrected chi connectivity index (χ3v) is 3.61. The van der Waals surface area contributed by atoms with Gasteiger partial charge in [-0.15, -0.1) is 0 Å². The van der Waals surface area contributed by atoms with E-state index < -0.39 is 6.04 Å². The molecule has 0 saturated carbocycles. The standard InChI is InChI=1S/C18H21NO2/c1-14(16-10-6-3-7-11-16)17(19)18(20)21-13-12-15-8-4-2-5-9-15/h2-11,14,17H,12-13,19H2,1H3. The van der Waals surface area contributed by atoms with Gasteiger partial charge in [-0.25, -0.2) is 0 Å². The van der Waals surface area contributed by atoms with E-state index >= 15 is 0 Å². The Bertz CT molecular complexity index is 554. The van der Waals surface area contributed by atoms with E-state index in [0.717, 1.165) is 11.1 Å². The van der Waals surface area contributed by atoms with Gasteiger partial charge >= 0.3 is 5.97 Å². The normalized spacial score (nSPS) is 13.4. The molecule has 0 aromatic heterocycles. The molecule has 0 fully saturated rings. The molecule has 110 valence electrons. The van der Waals surface area contributed by atoms with E-state index in [1.54, 1.807) is 0 Å². The van der Waals surface area contributed by atoms with Gasteiger partial charge in [0.2, 0.25) is 0 Å². The van der Waals surface area contributed by atoms with Gasteiger partial charge in [0.05, 0.1) is 6.61 Å². The lowest BCUT2D eigenvalue weighted by Crippen LogP contribution is -2.37. The fraction of sp³-hybridized carbons (Fsp3) is 0.278. The summed E-state index contributed by atoms with van der Waals surface area (Å²) in [6, 6.07) is 19.1. The Morgan fingerprint density at radius 1 is 1.05 bits per heavy atom. The van der Waals surface area contributed by atoms with Crippen molar-refractivity contribution in [1.82, 2.24) is 0 Å². The first-order chi connectivity index (χ1) is 10.2. The molecule has 0 amide bonds. The molecule has 2 aromatic carbocycles. The van der Waals surface area contributed by atoms with Crippen LogP contribution in [0.2, 0.25) is 0 Å². The van der Waals surface area contributed by atoms with Crippen LogP contribution in [0.15, 0.2) is 60.7 Å². The Kier molecular flexibility index (Phi) is 5.52. The van der Waals surface area contributed by atoms with Crippen LogP contribution in [0, 0.1) is 0 Å². The third-order valence-electron chi connectivity index (χ3n) is 3.61. The first-order valence-electron chi connectivity index (χ1n) is 7.19. The van der Waals surface area contributed by atoms with Gasteiger partial charge in [0.1, 0.15) is 6.04 Å². The highest BCUT2D eigenvalue weighted by Gasteiger charge is 2.23. The van der Waals surface area contributed by atoms with Crippen LogP contribution in [0.1, 0.15) is 24.0 Å². The van der Waals surface area contributed by atoms with Crippen molar-refractivity contribution in [3.05, 3.63) is 71.8 Å². The summed E-state index contributed by atoms with van der Waals surface area (Å²) in [5.41, 5.74) is 8.19. The zero-order valence-electron chi connectivity index (χ0n) is 12.2. The number of esters is 1. The number of hydrogen-bond acceptors (Lipinski definition) is 3. The summed E-state index contributed by atoms with van der Waals surface area (Å²) >= 11 is 0. The molecule has 21 heavy (non-hydrogen) atoms. The minimum atomic E-state index is -0.636. The molecule has 3 nitrogen and oxygen atoms in total. The lowest BCUT2D eigenvalue weighted by atomic mass is 9.94. The maximum Gasteiger partial charge on any atom is 0.323 e. The topological polar surface area (TPSA) is 52.3 Å². The second kappa shape index (κ2) is 7.60. The molecule has 0 aliphatic rings. The molecule has 0 saturated heterocycles. The molecular formula is C18H21NO2. The molecule has 2 unspecified atom stereocenters. The Labute approximate surface area is 125 Å². The summed E-state index contributed by atoms with van der Waals surface area (Å²) in [6.45, 7) is 2.30. The highest BCUT2D eigenvalue weighted by Crippen LogP contribution is 2.18. The predicted octanol–water partition coefficient (Wildman–Crippen LogP) is 2.90. The zero-order valence-corrected chi connectivity index (χ0v) is 12.2. The van der Waals surface area contributed by atoms with Crippen molar-refractivity contribution in [2.24, 2.45) is 5.73 Å². The summed E-state index contributed by atoms with van der Waals surface area (Å²) in [4.78, 5) is 12.0. The highest BCUT2D eigenvalue weighted by molar-refractivity contribution is 5.76. The third kappa shape index (κ3) is 4.43. The summed E-state index contributed by atoms with van der Waals surface area (Å²) < 4.78 is 5.29. The summed E-state index contributed by atoms with van der Waals surface area (Å²) in [7, 11) is 0. The zero-order chi connectivity index (χ0) is 15.1. The van der Waals surface area contributed by atoms with Gasteiger partial charge in [0, 0.05) is 12.3 Å². The van der Waals surface area contributed by atoms with Gasteiger partial charge in [-0.2, -0.15) is 0 Å². The number of carbonyl (C=O) groups excluding carboxylic acids is 1. The van der Waals surface area contributed by atoms with Crippen molar-refractivity contribution in [3.8, 4) is 0 Å². The number of hydrogen-bond donors (Lipinski definition) is 1. The first kappa shape index (κ1) is 15.3. The Balaban J connectivity index is 1.82. The minimum Gasteiger partial charge on any atom is -0.464 e. The van der Waals surface area contributed by atoms with Crippen LogP contribution in [0.4, 0.5) is 0 Å². The van der Waals surface area contributed by atoms with Gasteiger partial charge in [-0.1, -0.05) is 67.6 Å². The van der Waals surface area contributed by atoms with E-state index in [9.17, 15) is 4.79 Å². The van der Waals surface area contributed by atoms with Gasteiger partial charge in [0.25, 0.3) is 0 Å². The van der Waals surface area contributed by atoms with Crippen LogP contribution in [-0.4, -0.2) is 18.6 Å². The number of ether oxygens (including phenoxy) is 1. The number of benzene rings is 2. The molecule has 2 N–H and O–H groups in total. The van der Waals surface area contributed by atoms with E-state index in [1.807, 2.05) is 67.6 Å². The molecule has 2 aromatic rings. The molecule has 0 heterocycles. The Hall–Kier alpha value is -2.13. The van der Waals surface area contributed by atoms with Crippen LogP contribution in [-0.2, 0) is 16.0 Å². The smallest absolute Gasteiger partial charge is 0.323 e. The van der Waals surface area contributed by atoms with Gasteiger partial charge in [-0.3, -0.25) is 4.79 Å². The molecule has 2 rings (SSSR count). The molecule has 3 heteroatoms. The molecular weight excluding hydrogens is 262 g/mol. The van der Waals surface area contributed by atoms with Crippen molar-refractivity contribution in [2.75, 3.05) is 6.61 Å². The average molecular weight is 283 g/mol. The van der Waals surface area contributed by atoms with Crippen molar-refractivity contribution < 1.29 is 9.53 Å². The number of rotatable bonds is 6. The molecule has 0 bridgehead atoms. The van der Waals surface area contributed by atoms with Crippen LogP contribution in [0.5, 0.6) is 0 Å². The quantitative estimate of drug-likeness (QED) is 0.829. The predicted molar refractivity (Wildman–Crippen MR) is 83.9 cm³/mol. The average Bonchev–Trinajstić information content (AvgIpc) is 2.55. The summed E-state index contributed by atoms with van der Waals surface area (Å²) in [5, 5.41) is 0. The lowest BCUT2D eigenvalue weighted by molar-refractivity contribution is -0.145. The van der Waals surface area contributed by atoms with Crippen LogP contribution < -0.4 is 5.73 Å². The largest absolute Gasteiger partial charge is 0.464 e. The maximum atomic E-state index is 12.0. The van der Waals surface area contributed by atoms with E-state index in [0.29, 0.717) is 13.0 Å². The van der Waals surface area contributed by atoms with Crippen molar-refractivity contribution in [2.45, 2.75) is 25.3 Å². The number of nitrogens with two attached hydrogens (primary N) is 1. The number of carbonyl (C=O) groups is 1. The second-order valence-corrected chi connectivity index (χ2v) is 5.13. The van der Waals surface area contributed by atoms with E-state index in [1.165, 1.54) is 0 Å². The van der Waals surface area contributed by atoms with Crippen molar-refractivity contribution in [1.29, 1.82) is 0 Å². The summed E-state index contributed by atoms with van der Waals surface area (Å²) in [5.74, 6) is -0.405. The minimum absolute atomic E-state index is 0.0598. The fourth-order valence-electron chi connectivity index (χ4n) is 2.18. The van der Waals surface area contributed by atoms with Gasteiger partial charge in [-0.05, 0) is 11.1 Å². The molecule has 0 aliphatic heterocycles. The van der Waals surface area contributed by atoms with Gasteiger partial charge in [0.15, 0.2) is 0 Å². The SMILES string of the molecule is CC(c1ccccc1)C(N)C(=O)OCCc1ccccc1. The Morgan fingerprint density at radius 2 is 1.62 bits per heavy atom. The van der Waals surface area contributed by atoms with Gasteiger partial charge < -0.3 is 10.5 Å². The molecule has 2 atom stereocenters. The molecule has 0 aliphatic carbocycles. The van der Waals surface area contributed by atoms with Crippen molar-refractivity contribution in [3.63, 3.8) is 0 Å². The van der Waals surface area contributed by atoms with Crippen LogP contribution in [0.3, 0.4) is 0 Å². The van der Waals surface area contributed by atoms with Crippen LogP contribution >= 0.6 is 0 Å². The molecule has 0 spiro atoms.